The summed E-state index contributed by atoms with van der Waals surface area (Å²) in [6.07, 6.45) is 2.65. The van der Waals surface area contributed by atoms with Crippen LogP contribution in [0.4, 0.5) is 11.4 Å². The molecule has 2 amide bonds. The Morgan fingerprint density at radius 2 is 1.72 bits per heavy atom. The number of benzene rings is 3. The number of sulfonamides is 1. The van der Waals surface area contributed by atoms with E-state index in [4.69, 9.17) is 16.3 Å². The Kier molecular flexibility index (Phi) is 11.9. The zero-order chi connectivity index (χ0) is 31.6. The summed E-state index contributed by atoms with van der Waals surface area (Å²) < 4.78 is 32.1. The Balaban J connectivity index is 2.10. The molecule has 43 heavy (non-hydrogen) atoms. The third-order valence-electron chi connectivity index (χ3n) is 6.69. The minimum absolute atomic E-state index is 0.0196. The summed E-state index contributed by atoms with van der Waals surface area (Å²) in [6, 6.07) is 18.4. The number of carbonyl (C=O) groups is 2. The highest BCUT2D eigenvalue weighted by Gasteiger charge is 2.34. The van der Waals surface area contributed by atoms with Gasteiger partial charge < -0.3 is 15.0 Å². The van der Waals surface area contributed by atoms with E-state index in [1.807, 2.05) is 37.3 Å². The molecule has 3 aromatic rings. The number of anilines is 1. The van der Waals surface area contributed by atoms with Gasteiger partial charge in [0.1, 0.15) is 24.0 Å². The molecule has 1 atom stereocenters. The number of hydrogen-bond donors (Lipinski definition) is 1. The van der Waals surface area contributed by atoms with Gasteiger partial charge in [0, 0.05) is 36.7 Å². The molecule has 0 bridgehead atoms. The first-order chi connectivity index (χ1) is 20.4. The van der Waals surface area contributed by atoms with Crippen LogP contribution in [-0.4, -0.2) is 62.6 Å². The molecule has 1 N–H and O–H groups in total. The van der Waals surface area contributed by atoms with Crippen molar-refractivity contribution in [2.75, 3.05) is 30.8 Å². The SMILES string of the molecule is CCCCNC(=O)[C@@H](Cc1ccccc1)N(Cc1ccc(Cl)cc1)C(=O)CN(c1cc([N+](=O)[O-])ccc1OC)S(C)(=O)=O. The van der Waals surface area contributed by atoms with Gasteiger partial charge in [-0.2, -0.15) is 0 Å². The largest absolute Gasteiger partial charge is 0.495 e. The fraction of sp³-hybridized carbons (Fsp3) is 0.333. The van der Waals surface area contributed by atoms with Crippen molar-refractivity contribution in [1.82, 2.24) is 10.2 Å². The molecule has 0 aromatic heterocycles. The fourth-order valence-electron chi connectivity index (χ4n) is 4.43. The summed E-state index contributed by atoms with van der Waals surface area (Å²) in [7, 11) is -2.87. The maximum absolute atomic E-state index is 14.2. The number of ether oxygens (including phenoxy) is 1. The third-order valence-corrected chi connectivity index (χ3v) is 8.07. The molecule has 0 heterocycles. The molecule has 13 heteroatoms. The zero-order valence-electron chi connectivity index (χ0n) is 24.2. The highest BCUT2D eigenvalue weighted by Crippen LogP contribution is 2.34. The number of nitro groups is 1. The number of amides is 2. The summed E-state index contributed by atoms with van der Waals surface area (Å²) in [5.74, 6) is -1.06. The lowest BCUT2D eigenvalue weighted by atomic mass is 10.0. The van der Waals surface area contributed by atoms with Crippen molar-refractivity contribution in [3.63, 3.8) is 0 Å². The van der Waals surface area contributed by atoms with Crippen molar-refractivity contribution in [2.45, 2.75) is 38.8 Å². The Morgan fingerprint density at radius 1 is 1.05 bits per heavy atom. The molecule has 0 spiro atoms. The van der Waals surface area contributed by atoms with Crippen LogP contribution in [0.25, 0.3) is 0 Å². The van der Waals surface area contributed by atoms with E-state index in [0.29, 0.717) is 17.1 Å². The van der Waals surface area contributed by atoms with Gasteiger partial charge >= 0.3 is 0 Å². The van der Waals surface area contributed by atoms with Crippen LogP contribution in [0.3, 0.4) is 0 Å². The van der Waals surface area contributed by atoms with E-state index in [-0.39, 0.29) is 30.1 Å². The summed E-state index contributed by atoms with van der Waals surface area (Å²) >= 11 is 6.07. The molecule has 0 saturated heterocycles. The molecule has 230 valence electrons. The van der Waals surface area contributed by atoms with E-state index in [0.717, 1.165) is 35.0 Å². The molecule has 0 aliphatic carbocycles. The second-order valence-corrected chi connectivity index (χ2v) is 12.2. The molecule has 3 aromatic carbocycles. The molecule has 0 radical (unpaired) electrons. The predicted octanol–water partition coefficient (Wildman–Crippen LogP) is 4.58. The maximum Gasteiger partial charge on any atom is 0.271 e. The van der Waals surface area contributed by atoms with Gasteiger partial charge in [-0.25, -0.2) is 8.42 Å². The van der Waals surface area contributed by atoms with E-state index in [2.05, 4.69) is 5.32 Å². The van der Waals surface area contributed by atoms with Crippen molar-refractivity contribution in [1.29, 1.82) is 0 Å². The van der Waals surface area contributed by atoms with E-state index in [1.54, 1.807) is 24.3 Å². The summed E-state index contributed by atoms with van der Waals surface area (Å²) in [4.78, 5) is 40.0. The molecule has 0 aliphatic heterocycles. The van der Waals surface area contributed by atoms with E-state index >= 15 is 0 Å². The van der Waals surface area contributed by atoms with Crippen LogP contribution < -0.4 is 14.4 Å². The number of non-ortho nitro benzene ring substituents is 1. The lowest BCUT2D eigenvalue weighted by molar-refractivity contribution is -0.384. The number of methoxy groups -OCH3 is 1. The molecule has 11 nitrogen and oxygen atoms in total. The lowest BCUT2D eigenvalue weighted by Crippen LogP contribution is -2.53. The van der Waals surface area contributed by atoms with Crippen LogP contribution in [0.2, 0.25) is 5.02 Å². The zero-order valence-corrected chi connectivity index (χ0v) is 25.8. The molecule has 0 unspecified atom stereocenters. The number of carbonyl (C=O) groups excluding carboxylic acids is 2. The summed E-state index contributed by atoms with van der Waals surface area (Å²) in [6.45, 7) is 1.63. The second-order valence-electron chi connectivity index (χ2n) is 9.88. The van der Waals surface area contributed by atoms with E-state index in [1.165, 1.54) is 24.1 Å². The van der Waals surface area contributed by atoms with Gasteiger partial charge in [0.05, 0.1) is 18.3 Å². The van der Waals surface area contributed by atoms with E-state index in [9.17, 15) is 28.1 Å². The Labute approximate surface area is 256 Å². The number of rotatable bonds is 15. The minimum atomic E-state index is -4.16. The van der Waals surface area contributed by atoms with Crippen LogP contribution in [0.1, 0.15) is 30.9 Å². The van der Waals surface area contributed by atoms with Gasteiger partial charge in [-0.05, 0) is 35.7 Å². The van der Waals surface area contributed by atoms with Gasteiger partial charge in [-0.15, -0.1) is 0 Å². The topological polar surface area (TPSA) is 139 Å². The number of nitrogens with one attached hydrogen (secondary N) is 1. The third kappa shape index (κ3) is 9.42. The molecule has 0 aliphatic rings. The molecule has 3 rings (SSSR count). The number of halogens is 1. The van der Waals surface area contributed by atoms with Gasteiger partial charge in [0.15, 0.2) is 0 Å². The van der Waals surface area contributed by atoms with Crippen LogP contribution in [-0.2, 0) is 32.6 Å². The Bertz CT molecular complexity index is 1520. The number of nitrogens with zero attached hydrogens (tertiary/aromatic N) is 3. The minimum Gasteiger partial charge on any atom is -0.495 e. The predicted molar refractivity (Wildman–Crippen MR) is 166 cm³/mol. The number of nitro benzene ring substituents is 1. The summed E-state index contributed by atoms with van der Waals surface area (Å²) in [5, 5.41) is 14.9. The van der Waals surface area contributed by atoms with Crippen molar-refractivity contribution < 1.29 is 27.7 Å². The van der Waals surface area contributed by atoms with Crippen LogP contribution in [0, 0.1) is 10.1 Å². The van der Waals surface area contributed by atoms with Crippen molar-refractivity contribution >= 4 is 44.8 Å². The highest BCUT2D eigenvalue weighted by molar-refractivity contribution is 7.92. The average molecular weight is 631 g/mol. The molecule has 0 saturated carbocycles. The monoisotopic (exact) mass is 630 g/mol. The van der Waals surface area contributed by atoms with Crippen LogP contribution in [0.15, 0.2) is 72.8 Å². The number of unbranched alkanes of at least 4 members (excludes halogenated alkanes) is 1. The molecular formula is C30H35ClN4O7S. The first-order valence-corrected chi connectivity index (χ1v) is 15.8. The smallest absolute Gasteiger partial charge is 0.271 e. The van der Waals surface area contributed by atoms with Crippen molar-refractivity contribution in [3.05, 3.63) is 99.1 Å². The first kappa shape index (κ1) is 33.3. The molecular weight excluding hydrogens is 596 g/mol. The van der Waals surface area contributed by atoms with Crippen LogP contribution in [0.5, 0.6) is 5.75 Å². The van der Waals surface area contributed by atoms with Gasteiger partial charge in [0.2, 0.25) is 21.8 Å². The summed E-state index contributed by atoms with van der Waals surface area (Å²) in [5.41, 5.74) is 0.904. The molecule has 0 fully saturated rings. The Hall–Kier alpha value is -4.16. The average Bonchev–Trinajstić information content (AvgIpc) is 2.98. The van der Waals surface area contributed by atoms with Crippen molar-refractivity contribution in [2.24, 2.45) is 0 Å². The quantitative estimate of drug-likeness (QED) is 0.147. The lowest BCUT2D eigenvalue weighted by Gasteiger charge is -2.33. The van der Waals surface area contributed by atoms with E-state index < -0.39 is 39.3 Å². The van der Waals surface area contributed by atoms with Crippen molar-refractivity contribution in [3.8, 4) is 5.75 Å². The van der Waals surface area contributed by atoms with Crippen LogP contribution >= 0.6 is 11.6 Å². The van der Waals surface area contributed by atoms with Gasteiger partial charge in [-0.1, -0.05) is 67.4 Å². The van der Waals surface area contributed by atoms with Gasteiger partial charge in [0.25, 0.3) is 5.69 Å². The number of hydrogen-bond acceptors (Lipinski definition) is 7. The standard InChI is InChI=1S/C30H35ClN4O7S/c1-4-5-17-32-30(37)27(18-22-9-7-6-8-10-22)33(20-23-11-13-24(31)14-12-23)29(36)21-34(43(3,40)41)26-19-25(35(38)39)15-16-28(26)42-2/h6-16,19,27H,4-5,17-18,20-21H2,1-3H3,(H,32,37)/t27-/m1/s1. The second kappa shape index (κ2) is 15.4. The first-order valence-electron chi connectivity index (χ1n) is 13.6. The van der Waals surface area contributed by atoms with Gasteiger partial charge in [-0.3, -0.25) is 24.0 Å². The maximum atomic E-state index is 14.2. The Morgan fingerprint density at radius 3 is 2.30 bits per heavy atom. The normalized spacial score (nSPS) is 11.8. The fourth-order valence-corrected chi connectivity index (χ4v) is 5.40. The highest BCUT2D eigenvalue weighted by atomic mass is 35.5.